The number of benzene rings is 3. The summed E-state index contributed by atoms with van der Waals surface area (Å²) in [5.41, 5.74) is 3.91. The van der Waals surface area contributed by atoms with Crippen LogP contribution >= 0.6 is 23.2 Å². The van der Waals surface area contributed by atoms with Crippen molar-refractivity contribution in [2.24, 2.45) is 0 Å². The summed E-state index contributed by atoms with van der Waals surface area (Å²) >= 11 is 12.3. The molecule has 198 valence electrons. The third-order valence-corrected chi connectivity index (χ3v) is 6.70. The molecule has 0 saturated heterocycles. The third-order valence-electron chi connectivity index (χ3n) is 6.26. The maximum absolute atomic E-state index is 13.7. The standard InChI is InChI=1S/C31H31Cl2NO4/c1-19(34-14-13-29(36)37)20-5-7-21(8-6-20)27(30(38)23-15-25(32)17-26(33)16-23)18-28(35)22-9-11-24(12-10-22)31(2,3)4/h5-12,15-17,27,34H,1,13-14,18H2,2-4H3,(H,36,37). The summed E-state index contributed by atoms with van der Waals surface area (Å²) in [6.07, 6.45) is -0.0658. The highest BCUT2D eigenvalue weighted by molar-refractivity contribution is 6.35. The van der Waals surface area contributed by atoms with Crippen LogP contribution in [0.15, 0.2) is 73.3 Å². The number of carbonyl (C=O) groups is 3. The van der Waals surface area contributed by atoms with E-state index in [0.29, 0.717) is 32.4 Å². The second-order valence-corrected chi connectivity index (χ2v) is 11.1. The predicted octanol–water partition coefficient (Wildman–Crippen LogP) is 7.57. The summed E-state index contributed by atoms with van der Waals surface area (Å²) in [5, 5.41) is 12.5. The average Bonchev–Trinajstić information content (AvgIpc) is 2.85. The summed E-state index contributed by atoms with van der Waals surface area (Å²) < 4.78 is 0. The Morgan fingerprint density at radius 1 is 0.868 bits per heavy atom. The number of hydrogen-bond donors (Lipinski definition) is 2. The van der Waals surface area contributed by atoms with Gasteiger partial charge in [-0.1, -0.05) is 99.1 Å². The van der Waals surface area contributed by atoms with Gasteiger partial charge in [0.2, 0.25) is 0 Å². The fraction of sp³-hybridized carbons (Fsp3) is 0.258. The monoisotopic (exact) mass is 551 g/mol. The van der Waals surface area contributed by atoms with Crippen LogP contribution in [0.4, 0.5) is 0 Å². The Morgan fingerprint density at radius 2 is 1.42 bits per heavy atom. The molecule has 0 fully saturated rings. The number of carboxylic acid groups (broad SMARTS) is 1. The molecule has 38 heavy (non-hydrogen) atoms. The summed E-state index contributed by atoms with van der Waals surface area (Å²) in [7, 11) is 0. The van der Waals surface area contributed by atoms with E-state index in [9.17, 15) is 14.4 Å². The Hall–Kier alpha value is -3.41. The molecule has 1 unspecified atom stereocenters. The SMILES string of the molecule is C=C(NCCC(=O)O)c1ccc(C(CC(=O)c2ccc(C(C)(C)C)cc2)C(=O)c2cc(Cl)cc(Cl)c2)cc1. The molecule has 7 heteroatoms. The molecule has 0 radical (unpaired) electrons. The summed E-state index contributed by atoms with van der Waals surface area (Å²) in [6.45, 7) is 10.5. The van der Waals surface area contributed by atoms with Crippen LogP contribution in [0.1, 0.15) is 76.9 Å². The number of Topliss-reactive ketones (excluding diaryl/α,β-unsaturated/α-hetero) is 2. The quantitative estimate of drug-likeness (QED) is 0.240. The maximum Gasteiger partial charge on any atom is 0.305 e. The second kappa shape index (κ2) is 12.4. The molecule has 3 aromatic carbocycles. The molecule has 0 aliphatic carbocycles. The van der Waals surface area contributed by atoms with E-state index in [-0.39, 0.29) is 36.4 Å². The number of carbonyl (C=O) groups excluding carboxylic acids is 2. The van der Waals surface area contributed by atoms with E-state index >= 15 is 0 Å². The molecule has 1 atom stereocenters. The average molecular weight is 552 g/mol. The lowest BCUT2D eigenvalue weighted by molar-refractivity contribution is -0.136. The number of aliphatic carboxylic acids is 1. The van der Waals surface area contributed by atoms with Crippen LogP contribution in [-0.2, 0) is 10.2 Å². The lowest BCUT2D eigenvalue weighted by atomic mass is 9.83. The van der Waals surface area contributed by atoms with E-state index in [4.69, 9.17) is 28.3 Å². The number of ketones is 2. The van der Waals surface area contributed by atoms with Crippen LogP contribution in [-0.4, -0.2) is 29.2 Å². The smallest absolute Gasteiger partial charge is 0.305 e. The van der Waals surface area contributed by atoms with Crippen molar-refractivity contribution in [1.82, 2.24) is 5.32 Å². The van der Waals surface area contributed by atoms with Gasteiger partial charge in [0.15, 0.2) is 11.6 Å². The Labute approximate surface area is 233 Å². The molecule has 3 rings (SSSR count). The minimum atomic E-state index is -0.902. The minimum Gasteiger partial charge on any atom is -0.481 e. The minimum absolute atomic E-state index is 0.0328. The summed E-state index contributed by atoms with van der Waals surface area (Å²) in [5.74, 6) is -2.08. The van der Waals surface area contributed by atoms with Gasteiger partial charge in [0.05, 0.1) is 12.3 Å². The van der Waals surface area contributed by atoms with Crippen LogP contribution in [0.2, 0.25) is 10.0 Å². The van der Waals surface area contributed by atoms with Crippen molar-refractivity contribution in [3.05, 3.63) is 111 Å². The Bertz CT molecular complexity index is 1320. The van der Waals surface area contributed by atoms with Crippen LogP contribution < -0.4 is 5.32 Å². The zero-order chi connectivity index (χ0) is 28.0. The first-order valence-corrected chi connectivity index (χ1v) is 13.0. The van der Waals surface area contributed by atoms with Gasteiger partial charge in [-0.15, -0.1) is 0 Å². The molecule has 0 aromatic heterocycles. The number of hydrogen-bond acceptors (Lipinski definition) is 4. The van der Waals surface area contributed by atoms with E-state index in [1.165, 1.54) is 0 Å². The van der Waals surface area contributed by atoms with E-state index in [0.717, 1.165) is 11.1 Å². The molecular formula is C31H31Cl2NO4. The first kappa shape index (κ1) is 29.2. The first-order valence-electron chi connectivity index (χ1n) is 12.2. The van der Waals surface area contributed by atoms with Crippen molar-refractivity contribution in [3.8, 4) is 0 Å². The van der Waals surface area contributed by atoms with Crippen molar-refractivity contribution in [2.75, 3.05) is 6.54 Å². The highest BCUT2D eigenvalue weighted by Gasteiger charge is 2.26. The lowest BCUT2D eigenvalue weighted by Gasteiger charge is -2.20. The first-order chi connectivity index (χ1) is 17.8. The number of nitrogens with one attached hydrogen (secondary N) is 1. The highest BCUT2D eigenvalue weighted by Crippen LogP contribution is 2.30. The Balaban J connectivity index is 1.90. The van der Waals surface area contributed by atoms with Gasteiger partial charge in [-0.3, -0.25) is 14.4 Å². The molecule has 0 bridgehead atoms. The second-order valence-electron chi connectivity index (χ2n) is 10.2. The lowest BCUT2D eigenvalue weighted by Crippen LogP contribution is -2.18. The fourth-order valence-corrected chi connectivity index (χ4v) is 4.58. The van der Waals surface area contributed by atoms with Gasteiger partial charge in [-0.05, 0) is 40.3 Å². The maximum atomic E-state index is 13.7. The van der Waals surface area contributed by atoms with E-state index in [1.807, 2.05) is 12.1 Å². The molecule has 0 amide bonds. The molecule has 0 heterocycles. The van der Waals surface area contributed by atoms with Crippen molar-refractivity contribution >= 4 is 46.4 Å². The van der Waals surface area contributed by atoms with Gasteiger partial charge in [-0.25, -0.2) is 0 Å². The fourth-order valence-electron chi connectivity index (χ4n) is 4.06. The normalized spacial score (nSPS) is 12.0. The van der Waals surface area contributed by atoms with Gasteiger partial charge in [0, 0.05) is 39.8 Å². The topological polar surface area (TPSA) is 83.5 Å². The highest BCUT2D eigenvalue weighted by atomic mass is 35.5. The molecule has 2 N–H and O–H groups in total. The number of carboxylic acids is 1. The molecule has 3 aromatic rings. The van der Waals surface area contributed by atoms with E-state index in [1.54, 1.807) is 54.6 Å². The van der Waals surface area contributed by atoms with Crippen molar-refractivity contribution < 1.29 is 19.5 Å². The number of rotatable bonds is 11. The van der Waals surface area contributed by atoms with Crippen LogP contribution in [0.25, 0.3) is 5.70 Å². The van der Waals surface area contributed by atoms with Crippen molar-refractivity contribution in [1.29, 1.82) is 0 Å². The van der Waals surface area contributed by atoms with Crippen molar-refractivity contribution in [2.45, 2.75) is 44.9 Å². The predicted molar refractivity (Wildman–Crippen MR) is 153 cm³/mol. The third kappa shape index (κ3) is 7.80. The van der Waals surface area contributed by atoms with Gasteiger partial charge >= 0.3 is 5.97 Å². The molecular weight excluding hydrogens is 521 g/mol. The van der Waals surface area contributed by atoms with Crippen LogP contribution in [0.3, 0.4) is 0 Å². The molecule has 0 aliphatic heterocycles. The largest absolute Gasteiger partial charge is 0.481 e. The van der Waals surface area contributed by atoms with E-state index in [2.05, 4.69) is 32.7 Å². The summed E-state index contributed by atoms with van der Waals surface area (Å²) in [4.78, 5) is 37.8. The van der Waals surface area contributed by atoms with Crippen molar-refractivity contribution in [3.63, 3.8) is 0 Å². The number of halogens is 2. The molecule has 5 nitrogen and oxygen atoms in total. The van der Waals surface area contributed by atoms with E-state index < -0.39 is 11.9 Å². The van der Waals surface area contributed by atoms with Gasteiger partial charge in [0.1, 0.15) is 0 Å². The van der Waals surface area contributed by atoms with Gasteiger partial charge in [0.25, 0.3) is 0 Å². The van der Waals surface area contributed by atoms with Crippen LogP contribution in [0, 0.1) is 0 Å². The molecule has 0 aliphatic rings. The zero-order valence-corrected chi connectivity index (χ0v) is 23.2. The summed E-state index contributed by atoms with van der Waals surface area (Å²) in [6, 6.07) is 19.3. The van der Waals surface area contributed by atoms with Crippen LogP contribution in [0.5, 0.6) is 0 Å². The van der Waals surface area contributed by atoms with Gasteiger partial charge in [-0.2, -0.15) is 0 Å². The molecule has 0 saturated carbocycles. The Kier molecular flexibility index (Phi) is 9.53. The van der Waals surface area contributed by atoms with Gasteiger partial charge < -0.3 is 10.4 Å². The zero-order valence-electron chi connectivity index (χ0n) is 21.7. The molecule has 0 spiro atoms. The Morgan fingerprint density at radius 3 is 1.95 bits per heavy atom.